The molecular formula is C28H29N3O3S. The predicted molar refractivity (Wildman–Crippen MR) is 144 cm³/mol. The first-order valence-electron chi connectivity index (χ1n) is 11.7. The van der Waals surface area contributed by atoms with Crippen LogP contribution in [0.5, 0.6) is 0 Å². The van der Waals surface area contributed by atoms with Gasteiger partial charge in [0.2, 0.25) is 0 Å². The van der Waals surface area contributed by atoms with E-state index in [1.165, 1.54) is 10.5 Å². The van der Waals surface area contributed by atoms with Gasteiger partial charge in [0.05, 0.1) is 6.04 Å². The number of nitrogens with one attached hydrogen (secondary N) is 2. The van der Waals surface area contributed by atoms with Crippen LogP contribution in [0, 0.1) is 6.92 Å². The summed E-state index contributed by atoms with van der Waals surface area (Å²) >= 11 is 5.42. The van der Waals surface area contributed by atoms with Gasteiger partial charge in [0.1, 0.15) is 6.04 Å². The number of thiocarbonyl (C=S) groups is 1. The molecule has 0 aliphatic carbocycles. The van der Waals surface area contributed by atoms with Crippen LogP contribution in [0.2, 0.25) is 0 Å². The number of aryl methyl sites for hydroxylation is 1. The highest BCUT2D eigenvalue weighted by molar-refractivity contribution is 7.80. The molecule has 6 nitrogen and oxygen atoms in total. The number of nitrogens with zero attached hydrogens (tertiary/aromatic N) is 1. The van der Waals surface area contributed by atoms with Gasteiger partial charge < -0.3 is 20.6 Å². The van der Waals surface area contributed by atoms with Crippen molar-refractivity contribution >= 4 is 40.6 Å². The summed E-state index contributed by atoms with van der Waals surface area (Å²) < 4.78 is 0. The van der Waals surface area contributed by atoms with E-state index in [0.717, 1.165) is 28.1 Å². The second kappa shape index (κ2) is 10.3. The Labute approximate surface area is 211 Å². The molecule has 1 amide bonds. The SMILES string of the molecule is CCCC(C(=O)O)N1C(=O)c2cc(-c3ccc(NC(=S)Nc4ccc(C)cc4)cc3)ccc2[C@@H]1C. The molecule has 1 unspecified atom stereocenters. The molecule has 180 valence electrons. The second-order valence-corrected chi connectivity index (χ2v) is 9.26. The van der Waals surface area contributed by atoms with Crippen LogP contribution in [0.15, 0.2) is 66.7 Å². The number of aliphatic carboxylic acids is 1. The Morgan fingerprint density at radius 1 is 1.00 bits per heavy atom. The van der Waals surface area contributed by atoms with Crippen molar-refractivity contribution in [3.05, 3.63) is 83.4 Å². The van der Waals surface area contributed by atoms with E-state index in [4.69, 9.17) is 12.2 Å². The van der Waals surface area contributed by atoms with Crippen LogP contribution in [0.3, 0.4) is 0 Å². The van der Waals surface area contributed by atoms with Crippen LogP contribution in [0.25, 0.3) is 11.1 Å². The second-order valence-electron chi connectivity index (χ2n) is 8.86. The molecule has 4 rings (SSSR count). The van der Waals surface area contributed by atoms with Crippen LogP contribution in [-0.4, -0.2) is 33.0 Å². The average molecular weight is 488 g/mol. The van der Waals surface area contributed by atoms with Crippen LogP contribution in [0.1, 0.15) is 54.2 Å². The fourth-order valence-corrected chi connectivity index (χ4v) is 4.73. The first-order chi connectivity index (χ1) is 16.8. The molecule has 7 heteroatoms. The molecule has 1 aliphatic heterocycles. The van der Waals surface area contributed by atoms with Crippen LogP contribution < -0.4 is 10.6 Å². The first kappa shape index (κ1) is 24.4. The minimum absolute atomic E-state index is 0.221. The number of hydrogen-bond donors (Lipinski definition) is 3. The third kappa shape index (κ3) is 5.20. The first-order valence-corrected chi connectivity index (χ1v) is 12.1. The summed E-state index contributed by atoms with van der Waals surface area (Å²) in [5.41, 5.74) is 6.25. The van der Waals surface area contributed by atoms with E-state index in [9.17, 15) is 14.7 Å². The third-order valence-electron chi connectivity index (χ3n) is 6.35. The molecule has 0 saturated carbocycles. The highest BCUT2D eigenvalue weighted by Gasteiger charge is 2.40. The Kier molecular flexibility index (Phi) is 7.17. The topological polar surface area (TPSA) is 81.7 Å². The Balaban J connectivity index is 1.48. The summed E-state index contributed by atoms with van der Waals surface area (Å²) in [6.45, 7) is 5.85. The molecule has 0 aromatic heterocycles. The van der Waals surface area contributed by atoms with E-state index < -0.39 is 12.0 Å². The molecule has 3 aromatic carbocycles. The van der Waals surface area contributed by atoms with E-state index in [-0.39, 0.29) is 11.9 Å². The molecule has 0 bridgehead atoms. The number of carbonyl (C=O) groups excluding carboxylic acids is 1. The molecule has 0 fully saturated rings. The molecular weight excluding hydrogens is 458 g/mol. The van der Waals surface area contributed by atoms with E-state index in [2.05, 4.69) is 10.6 Å². The highest BCUT2D eigenvalue weighted by atomic mass is 32.1. The Hall–Kier alpha value is -3.71. The zero-order valence-electron chi connectivity index (χ0n) is 20.0. The molecule has 0 spiro atoms. The number of carboxylic acid groups (broad SMARTS) is 1. The third-order valence-corrected chi connectivity index (χ3v) is 6.56. The maximum absolute atomic E-state index is 13.2. The summed E-state index contributed by atoms with van der Waals surface area (Å²) in [4.78, 5) is 26.5. The van der Waals surface area contributed by atoms with E-state index in [0.29, 0.717) is 23.5 Å². The smallest absolute Gasteiger partial charge is 0.326 e. The van der Waals surface area contributed by atoms with Crippen molar-refractivity contribution in [1.82, 2.24) is 4.90 Å². The monoisotopic (exact) mass is 487 g/mol. The lowest BCUT2D eigenvalue weighted by atomic mass is 9.98. The van der Waals surface area contributed by atoms with Gasteiger partial charge in [0, 0.05) is 16.9 Å². The van der Waals surface area contributed by atoms with Gasteiger partial charge in [-0.25, -0.2) is 4.79 Å². The molecule has 0 saturated heterocycles. The number of fused-ring (bicyclic) bond motifs is 1. The number of anilines is 2. The number of carbonyl (C=O) groups is 2. The molecule has 1 heterocycles. The fourth-order valence-electron chi connectivity index (χ4n) is 4.49. The molecule has 3 aromatic rings. The summed E-state index contributed by atoms with van der Waals surface area (Å²) in [6.07, 6.45) is 1.13. The maximum atomic E-state index is 13.2. The van der Waals surface area contributed by atoms with Gasteiger partial charge in [-0.15, -0.1) is 0 Å². The Morgan fingerprint density at radius 3 is 2.14 bits per heavy atom. The zero-order valence-corrected chi connectivity index (χ0v) is 20.9. The van der Waals surface area contributed by atoms with Gasteiger partial charge in [-0.1, -0.05) is 55.3 Å². The van der Waals surface area contributed by atoms with E-state index in [1.54, 1.807) is 0 Å². The van der Waals surface area contributed by atoms with Crippen LogP contribution in [0.4, 0.5) is 11.4 Å². The van der Waals surface area contributed by atoms with Gasteiger partial charge in [0.25, 0.3) is 5.91 Å². The van der Waals surface area contributed by atoms with Gasteiger partial charge in [-0.2, -0.15) is 0 Å². The lowest BCUT2D eigenvalue weighted by Gasteiger charge is -2.28. The molecule has 0 radical (unpaired) electrons. The average Bonchev–Trinajstić information content (AvgIpc) is 3.08. The number of amides is 1. The number of hydrogen-bond acceptors (Lipinski definition) is 3. The van der Waals surface area contributed by atoms with Crippen molar-refractivity contribution in [2.75, 3.05) is 10.6 Å². The minimum Gasteiger partial charge on any atom is -0.480 e. The molecule has 35 heavy (non-hydrogen) atoms. The maximum Gasteiger partial charge on any atom is 0.326 e. The van der Waals surface area contributed by atoms with Gasteiger partial charge in [-0.05, 0) is 79.5 Å². The Bertz CT molecular complexity index is 1260. The zero-order chi connectivity index (χ0) is 25.1. The molecule has 1 aliphatic rings. The van der Waals surface area contributed by atoms with Crippen molar-refractivity contribution < 1.29 is 14.7 Å². The normalized spacial score (nSPS) is 15.5. The van der Waals surface area contributed by atoms with E-state index >= 15 is 0 Å². The van der Waals surface area contributed by atoms with E-state index in [1.807, 2.05) is 87.5 Å². The summed E-state index contributed by atoms with van der Waals surface area (Å²) in [6, 6.07) is 20.5. The quantitative estimate of drug-likeness (QED) is 0.342. The summed E-state index contributed by atoms with van der Waals surface area (Å²) in [7, 11) is 0. The summed E-state index contributed by atoms with van der Waals surface area (Å²) in [5.74, 6) is -1.18. The van der Waals surface area contributed by atoms with Crippen molar-refractivity contribution in [2.24, 2.45) is 0 Å². The van der Waals surface area contributed by atoms with Crippen LogP contribution in [-0.2, 0) is 4.79 Å². The molecule has 3 N–H and O–H groups in total. The van der Waals surface area contributed by atoms with Crippen LogP contribution >= 0.6 is 12.2 Å². The van der Waals surface area contributed by atoms with Gasteiger partial charge >= 0.3 is 5.97 Å². The van der Waals surface area contributed by atoms with Crippen molar-refractivity contribution in [3.8, 4) is 11.1 Å². The predicted octanol–water partition coefficient (Wildman–Crippen LogP) is 6.24. The van der Waals surface area contributed by atoms with Crippen molar-refractivity contribution in [2.45, 2.75) is 45.7 Å². The number of carboxylic acids is 1. The number of rotatable bonds is 7. The standard InChI is InChI=1S/C28H29N3O3S/c1-4-5-25(27(33)34)31-18(3)23-15-10-20(16-24(23)26(31)32)19-8-13-22(14-9-19)30-28(35)29-21-11-6-17(2)7-12-21/h6-16,18,25H,4-5H2,1-3H3,(H,33,34)(H2,29,30,35)/t18-,25?/m0/s1. The van der Waals surface area contributed by atoms with Crippen molar-refractivity contribution in [1.29, 1.82) is 0 Å². The minimum atomic E-state index is -0.960. The van der Waals surface area contributed by atoms with Crippen molar-refractivity contribution in [3.63, 3.8) is 0 Å². The highest BCUT2D eigenvalue weighted by Crippen LogP contribution is 2.38. The Morgan fingerprint density at radius 2 is 1.57 bits per heavy atom. The molecule has 2 atom stereocenters. The van der Waals surface area contributed by atoms with Gasteiger partial charge in [0.15, 0.2) is 5.11 Å². The number of benzene rings is 3. The van der Waals surface area contributed by atoms with Gasteiger partial charge in [-0.3, -0.25) is 4.79 Å². The lowest BCUT2D eigenvalue weighted by molar-refractivity contribution is -0.143. The fraction of sp³-hybridized carbons (Fsp3) is 0.250. The lowest BCUT2D eigenvalue weighted by Crippen LogP contribution is -2.42. The largest absolute Gasteiger partial charge is 0.480 e. The summed E-state index contributed by atoms with van der Waals surface area (Å²) in [5, 5.41) is 16.5.